The van der Waals surface area contributed by atoms with E-state index in [-0.39, 0.29) is 16.8 Å². The van der Waals surface area contributed by atoms with Crippen LogP contribution in [-0.2, 0) is 34.3 Å². The second-order valence-electron chi connectivity index (χ2n) is 7.88. The number of hydrogen-bond donors (Lipinski definition) is 1. The van der Waals surface area contributed by atoms with E-state index in [1.165, 1.54) is 4.88 Å². The average molecular weight is 459 g/mol. The van der Waals surface area contributed by atoms with Crippen molar-refractivity contribution < 1.29 is 17.6 Å². The summed E-state index contributed by atoms with van der Waals surface area (Å²) in [5, 5.41) is 0. The lowest BCUT2D eigenvalue weighted by molar-refractivity contribution is -0.132. The quantitative estimate of drug-likeness (QED) is 0.493. The fourth-order valence-electron chi connectivity index (χ4n) is 3.31. The SMILES string of the molecule is Cc1ccc(CN(Cc2ccco2)C(=O)CCc2ccc(S(=O)(=O)NC3CC3)cc2)s1. The standard InChI is InChI=1S/C23H26N2O4S2/c1-17-4-10-21(30-17)16-25(15-20-3-2-14-29-20)23(26)13-7-18-5-11-22(12-6-18)31(27,28)24-19-8-9-19/h2-6,10-12,14,19,24H,7-9,13,15-16H2,1H3. The van der Waals surface area contributed by atoms with Crippen LogP contribution in [0.5, 0.6) is 0 Å². The van der Waals surface area contributed by atoms with E-state index in [2.05, 4.69) is 23.8 Å². The number of sulfonamides is 1. The Balaban J connectivity index is 1.38. The first-order valence-corrected chi connectivity index (χ1v) is 12.7. The lowest BCUT2D eigenvalue weighted by atomic mass is 10.1. The largest absolute Gasteiger partial charge is 0.467 e. The number of aryl methyl sites for hydroxylation is 2. The third kappa shape index (κ3) is 6.06. The zero-order valence-corrected chi connectivity index (χ0v) is 19.0. The third-order valence-electron chi connectivity index (χ3n) is 5.18. The van der Waals surface area contributed by atoms with Crippen molar-refractivity contribution in [3.63, 3.8) is 0 Å². The molecule has 4 rings (SSSR count). The van der Waals surface area contributed by atoms with Gasteiger partial charge in [0.15, 0.2) is 0 Å². The summed E-state index contributed by atoms with van der Waals surface area (Å²) >= 11 is 1.69. The normalized spacial score (nSPS) is 14.0. The number of carbonyl (C=O) groups is 1. The van der Waals surface area contributed by atoms with Gasteiger partial charge in [-0.2, -0.15) is 0 Å². The zero-order valence-electron chi connectivity index (χ0n) is 17.4. The van der Waals surface area contributed by atoms with Gasteiger partial charge < -0.3 is 9.32 Å². The first kappa shape index (κ1) is 21.8. The van der Waals surface area contributed by atoms with E-state index < -0.39 is 10.0 Å². The van der Waals surface area contributed by atoms with Gasteiger partial charge in [-0.25, -0.2) is 13.1 Å². The fourth-order valence-corrected chi connectivity index (χ4v) is 5.53. The second kappa shape index (κ2) is 9.38. The summed E-state index contributed by atoms with van der Waals surface area (Å²) in [6.07, 6.45) is 4.31. The van der Waals surface area contributed by atoms with E-state index in [4.69, 9.17) is 4.42 Å². The Hall–Kier alpha value is -2.42. The highest BCUT2D eigenvalue weighted by molar-refractivity contribution is 7.89. The molecular weight excluding hydrogens is 432 g/mol. The molecule has 0 saturated heterocycles. The van der Waals surface area contributed by atoms with Crippen LogP contribution < -0.4 is 4.72 Å². The summed E-state index contributed by atoms with van der Waals surface area (Å²) in [7, 11) is -3.45. The number of benzene rings is 1. The molecule has 0 bridgehead atoms. The topological polar surface area (TPSA) is 79.6 Å². The number of thiophene rings is 1. The average Bonchev–Trinajstić information content (AvgIpc) is 3.21. The molecule has 8 heteroatoms. The number of rotatable bonds is 10. The van der Waals surface area contributed by atoms with Crippen LogP contribution in [0, 0.1) is 6.92 Å². The molecule has 1 aromatic carbocycles. The van der Waals surface area contributed by atoms with E-state index in [0.717, 1.165) is 29.0 Å². The van der Waals surface area contributed by atoms with Crippen molar-refractivity contribution in [3.8, 4) is 0 Å². The van der Waals surface area contributed by atoms with Gasteiger partial charge in [0.25, 0.3) is 0 Å². The molecule has 6 nitrogen and oxygen atoms in total. The Kier molecular flexibility index (Phi) is 6.60. The van der Waals surface area contributed by atoms with Crippen LogP contribution in [0.2, 0.25) is 0 Å². The van der Waals surface area contributed by atoms with Crippen molar-refractivity contribution in [2.45, 2.75) is 56.6 Å². The lowest BCUT2D eigenvalue weighted by Crippen LogP contribution is -2.29. The molecular formula is C23H26N2O4S2. The molecule has 0 unspecified atom stereocenters. The molecule has 1 aliphatic rings. The Morgan fingerprint density at radius 3 is 2.52 bits per heavy atom. The van der Waals surface area contributed by atoms with E-state index in [0.29, 0.717) is 25.9 Å². The van der Waals surface area contributed by atoms with Crippen molar-refractivity contribution in [3.05, 3.63) is 75.9 Å². The molecule has 1 saturated carbocycles. The second-order valence-corrected chi connectivity index (χ2v) is 11.0. The highest BCUT2D eigenvalue weighted by Crippen LogP contribution is 2.23. The van der Waals surface area contributed by atoms with Crippen LogP contribution in [0.15, 0.2) is 64.1 Å². The van der Waals surface area contributed by atoms with Gasteiger partial charge in [-0.1, -0.05) is 12.1 Å². The van der Waals surface area contributed by atoms with Gasteiger partial charge in [0.1, 0.15) is 5.76 Å². The maximum Gasteiger partial charge on any atom is 0.240 e. The summed E-state index contributed by atoms with van der Waals surface area (Å²) in [6.45, 7) is 3.02. The van der Waals surface area contributed by atoms with Crippen molar-refractivity contribution in [1.29, 1.82) is 0 Å². The van der Waals surface area contributed by atoms with Crippen molar-refractivity contribution in [2.75, 3.05) is 0 Å². The Morgan fingerprint density at radius 2 is 1.90 bits per heavy atom. The molecule has 2 heterocycles. The Bertz CT molecular complexity index is 1110. The van der Waals surface area contributed by atoms with Gasteiger partial charge in [0.2, 0.25) is 15.9 Å². The molecule has 164 valence electrons. The number of nitrogens with zero attached hydrogens (tertiary/aromatic N) is 1. The molecule has 0 atom stereocenters. The first-order valence-electron chi connectivity index (χ1n) is 10.4. The predicted molar refractivity (Wildman–Crippen MR) is 120 cm³/mol. The van der Waals surface area contributed by atoms with Gasteiger partial charge in [0.05, 0.1) is 24.2 Å². The van der Waals surface area contributed by atoms with Crippen LogP contribution >= 0.6 is 11.3 Å². The molecule has 1 fully saturated rings. The minimum atomic E-state index is -3.45. The molecule has 1 aliphatic carbocycles. The summed E-state index contributed by atoms with van der Waals surface area (Å²) in [4.78, 5) is 17.4. The number of nitrogens with one attached hydrogen (secondary N) is 1. The van der Waals surface area contributed by atoms with E-state index in [9.17, 15) is 13.2 Å². The maximum atomic E-state index is 13.0. The fraction of sp³-hybridized carbons (Fsp3) is 0.348. The molecule has 1 N–H and O–H groups in total. The summed E-state index contributed by atoms with van der Waals surface area (Å²) in [5.74, 6) is 0.786. The van der Waals surface area contributed by atoms with Crippen molar-refractivity contribution in [1.82, 2.24) is 9.62 Å². The van der Waals surface area contributed by atoms with Crippen LogP contribution in [0.4, 0.5) is 0 Å². The number of amides is 1. The van der Waals surface area contributed by atoms with Crippen LogP contribution in [0.3, 0.4) is 0 Å². The minimum Gasteiger partial charge on any atom is -0.467 e. The van der Waals surface area contributed by atoms with Gasteiger partial charge in [-0.3, -0.25) is 4.79 Å². The van der Waals surface area contributed by atoms with E-state index in [1.54, 1.807) is 41.9 Å². The molecule has 0 aliphatic heterocycles. The smallest absolute Gasteiger partial charge is 0.240 e. The molecule has 0 spiro atoms. The molecule has 1 amide bonds. The predicted octanol–water partition coefficient (Wildman–Crippen LogP) is 4.25. The van der Waals surface area contributed by atoms with Crippen LogP contribution in [0.25, 0.3) is 0 Å². The van der Waals surface area contributed by atoms with Crippen molar-refractivity contribution >= 4 is 27.3 Å². The van der Waals surface area contributed by atoms with E-state index >= 15 is 0 Å². The van der Waals surface area contributed by atoms with Crippen LogP contribution in [-0.4, -0.2) is 25.3 Å². The monoisotopic (exact) mass is 458 g/mol. The molecule has 0 radical (unpaired) electrons. The van der Waals surface area contributed by atoms with Gasteiger partial charge in [0, 0.05) is 22.2 Å². The van der Waals surface area contributed by atoms with Gasteiger partial charge in [-0.05, 0) is 68.1 Å². The van der Waals surface area contributed by atoms with E-state index in [1.807, 2.05) is 17.0 Å². The minimum absolute atomic E-state index is 0.0366. The zero-order chi connectivity index (χ0) is 21.8. The van der Waals surface area contributed by atoms with Gasteiger partial charge in [-0.15, -0.1) is 11.3 Å². The van der Waals surface area contributed by atoms with Crippen LogP contribution in [0.1, 0.15) is 40.3 Å². The summed E-state index contributed by atoms with van der Waals surface area (Å²) in [6, 6.07) is 14.7. The summed E-state index contributed by atoms with van der Waals surface area (Å²) in [5.41, 5.74) is 0.934. The first-order chi connectivity index (χ1) is 14.9. The Labute approximate surface area is 186 Å². The lowest BCUT2D eigenvalue weighted by Gasteiger charge is -2.21. The van der Waals surface area contributed by atoms with Gasteiger partial charge >= 0.3 is 0 Å². The number of carbonyl (C=O) groups excluding carboxylic acids is 1. The molecule has 31 heavy (non-hydrogen) atoms. The number of furan rings is 1. The Morgan fingerprint density at radius 1 is 1.13 bits per heavy atom. The molecule has 2 aromatic heterocycles. The third-order valence-corrected chi connectivity index (χ3v) is 7.70. The highest BCUT2D eigenvalue weighted by atomic mass is 32.2. The maximum absolute atomic E-state index is 13.0. The summed E-state index contributed by atoms with van der Waals surface area (Å²) < 4.78 is 32.7. The van der Waals surface area contributed by atoms with Crippen molar-refractivity contribution in [2.24, 2.45) is 0 Å². The number of hydrogen-bond acceptors (Lipinski definition) is 5. The molecule has 3 aromatic rings. The highest BCUT2D eigenvalue weighted by Gasteiger charge is 2.27.